The predicted molar refractivity (Wildman–Crippen MR) is 197 cm³/mol. The van der Waals surface area contributed by atoms with Gasteiger partial charge in [-0.15, -0.1) is 11.3 Å². The number of hydrogen-bond donors (Lipinski definition) is 0. The summed E-state index contributed by atoms with van der Waals surface area (Å²) in [4.78, 5) is 5.39. The van der Waals surface area contributed by atoms with E-state index in [0.717, 1.165) is 17.9 Å². The number of benzene rings is 5. The Kier molecular flexibility index (Phi) is 5.81. The standard InChI is InChI=1S/C41H32BNOS2/c1-41(2)29-19-17-26(28-10-7-9-25-21-22-45-40(25)28)23-32(29)42-31-20-18-27(24-36(31)44-35-14-8-11-30(41)39(35)42)43-33-12-3-5-15-37(33)46-38-16-6-4-13-34(38)43/h3,5,7-12,14-15,17-24H,4,6,13,16H2,1-2H3. The SMILES string of the molecule is CC1(C)c2ccc(-c3cccc4ccsc34)cc2B2c3ccc(N4C5=C(CCCC5)Sc5ccccc54)cc3Oc3cccc1c32. The summed E-state index contributed by atoms with van der Waals surface area (Å²) in [6.07, 6.45) is 4.80. The van der Waals surface area contributed by atoms with Gasteiger partial charge in [-0.1, -0.05) is 97.8 Å². The lowest BCUT2D eigenvalue weighted by Gasteiger charge is -2.42. The van der Waals surface area contributed by atoms with Crippen LogP contribution in [0.2, 0.25) is 0 Å². The average molecular weight is 630 g/mol. The number of thioether (sulfide) groups is 1. The van der Waals surface area contributed by atoms with Crippen LogP contribution in [0.3, 0.4) is 0 Å². The molecule has 4 aliphatic rings. The maximum Gasteiger partial charge on any atom is 0.251 e. The van der Waals surface area contributed by atoms with Crippen LogP contribution in [-0.2, 0) is 5.41 Å². The summed E-state index contributed by atoms with van der Waals surface area (Å²) in [6.45, 7) is 4.86. The first-order chi connectivity index (χ1) is 22.6. The Morgan fingerprint density at radius 1 is 0.761 bits per heavy atom. The third-order valence-corrected chi connectivity index (χ3v) is 12.9. The van der Waals surface area contributed by atoms with Crippen LogP contribution in [0.25, 0.3) is 21.2 Å². The quantitative estimate of drug-likeness (QED) is 0.177. The van der Waals surface area contributed by atoms with Gasteiger partial charge < -0.3 is 9.64 Å². The van der Waals surface area contributed by atoms with Crippen LogP contribution < -0.4 is 26.0 Å². The lowest BCUT2D eigenvalue weighted by Crippen LogP contribution is -2.62. The van der Waals surface area contributed by atoms with Crippen molar-refractivity contribution < 1.29 is 4.74 Å². The van der Waals surface area contributed by atoms with Crippen LogP contribution in [0, 0.1) is 0 Å². The smallest absolute Gasteiger partial charge is 0.251 e. The van der Waals surface area contributed by atoms with Gasteiger partial charge in [0, 0.05) is 37.4 Å². The maximum atomic E-state index is 6.90. The number of para-hydroxylation sites is 1. The van der Waals surface area contributed by atoms with Crippen molar-refractivity contribution in [3.63, 3.8) is 0 Å². The Balaban J connectivity index is 1.17. The number of fused-ring (bicyclic) bond motifs is 6. The molecule has 5 heteroatoms. The molecule has 46 heavy (non-hydrogen) atoms. The minimum absolute atomic E-state index is 0.114. The minimum atomic E-state index is -0.134. The molecule has 0 saturated heterocycles. The lowest BCUT2D eigenvalue weighted by molar-refractivity contribution is 0.484. The first-order valence-corrected chi connectivity index (χ1v) is 18.1. The molecule has 10 rings (SSSR count). The number of thiophene rings is 1. The second-order valence-corrected chi connectivity index (χ2v) is 15.6. The van der Waals surface area contributed by atoms with E-state index in [0.29, 0.717) is 0 Å². The molecule has 6 aromatic rings. The molecule has 0 unspecified atom stereocenters. The maximum absolute atomic E-state index is 6.90. The molecular weight excluding hydrogens is 597 g/mol. The molecule has 0 N–H and O–H groups in total. The van der Waals surface area contributed by atoms with E-state index in [2.05, 4.69) is 127 Å². The van der Waals surface area contributed by atoms with E-state index in [1.165, 1.54) is 94.9 Å². The summed E-state index contributed by atoms with van der Waals surface area (Å²) in [5, 5.41) is 3.52. The summed E-state index contributed by atoms with van der Waals surface area (Å²) in [5.74, 6) is 1.96. The lowest BCUT2D eigenvalue weighted by atomic mass is 9.30. The largest absolute Gasteiger partial charge is 0.458 e. The molecule has 3 aliphatic heterocycles. The highest BCUT2D eigenvalue weighted by Crippen LogP contribution is 2.51. The third-order valence-electron chi connectivity index (χ3n) is 10.6. The highest BCUT2D eigenvalue weighted by molar-refractivity contribution is 8.03. The van der Waals surface area contributed by atoms with Gasteiger partial charge in [-0.3, -0.25) is 0 Å². The van der Waals surface area contributed by atoms with Crippen molar-refractivity contribution >= 4 is 67.7 Å². The second-order valence-electron chi connectivity index (χ2n) is 13.5. The second kappa shape index (κ2) is 9.91. The van der Waals surface area contributed by atoms with Crippen molar-refractivity contribution in [3.05, 3.63) is 130 Å². The van der Waals surface area contributed by atoms with Crippen LogP contribution in [0.15, 0.2) is 124 Å². The summed E-state index contributed by atoms with van der Waals surface area (Å²) < 4.78 is 8.26. The van der Waals surface area contributed by atoms with E-state index < -0.39 is 0 Å². The van der Waals surface area contributed by atoms with Gasteiger partial charge in [0.2, 0.25) is 0 Å². The van der Waals surface area contributed by atoms with E-state index in [1.807, 2.05) is 23.1 Å². The molecule has 1 aliphatic carbocycles. The van der Waals surface area contributed by atoms with Gasteiger partial charge >= 0.3 is 0 Å². The van der Waals surface area contributed by atoms with Crippen LogP contribution in [-0.4, -0.2) is 6.71 Å². The highest BCUT2D eigenvalue weighted by atomic mass is 32.2. The number of nitrogens with zero attached hydrogens (tertiary/aromatic N) is 1. The van der Waals surface area contributed by atoms with Gasteiger partial charge in [0.15, 0.2) is 0 Å². The molecule has 0 amide bonds. The molecule has 0 atom stereocenters. The van der Waals surface area contributed by atoms with Crippen molar-refractivity contribution in [1.29, 1.82) is 0 Å². The van der Waals surface area contributed by atoms with E-state index in [1.54, 1.807) is 0 Å². The molecule has 4 heterocycles. The Morgan fingerprint density at radius 2 is 1.65 bits per heavy atom. The van der Waals surface area contributed by atoms with Crippen LogP contribution in [0.5, 0.6) is 11.5 Å². The normalized spacial score (nSPS) is 17.1. The fourth-order valence-corrected chi connectivity index (χ4v) is 10.6. The van der Waals surface area contributed by atoms with E-state index in [9.17, 15) is 0 Å². The molecule has 2 nitrogen and oxygen atoms in total. The number of hydrogen-bond acceptors (Lipinski definition) is 4. The van der Waals surface area contributed by atoms with Crippen LogP contribution in [0.4, 0.5) is 11.4 Å². The average Bonchev–Trinajstić information content (AvgIpc) is 3.58. The highest BCUT2D eigenvalue weighted by Gasteiger charge is 2.45. The molecule has 0 fully saturated rings. The zero-order valence-electron chi connectivity index (χ0n) is 26.0. The van der Waals surface area contributed by atoms with Gasteiger partial charge in [0.05, 0.1) is 5.69 Å². The first-order valence-electron chi connectivity index (χ1n) is 16.4. The Bertz CT molecular complexity index is 2280. The van der Waals surface area contributed by atoms with Crippen molar-refractivity contribution in [3.8, 4) is 22.6 Å². The minimum Gasteiger partial charge on any atom is -0.458 e. The monoisotopic (exact) mass is 629 g/mol. The number of anilines is 2. The molecule has 0 bridgehead atoms. The first kappa shape index (κ1) is 27.0. The van der Waals surface area contributed by atoms with E-state index in [4.69, 9.17) is 4.74 Å². The Hall–Kier alpha value is -4.19. The zero-order chi connectivity index (χ0) is 30.6. The summed E-state index contributed by atoms with van der Waals surface area (Å²) >= 11 is 3.80. The van der Waals surface area contributed by atoms with Crippen LogP contribution in [0.1, 0.15) is 50.7 Å². The summed E-state index contributed by atoms with van der Waals surface area (Å²) in [7, 11) is 0. The molecular formula is C41H32BNOS2. The molecule has 0 spiro atoms. The number of rotatable bonds is 2. The molecule has 0 saturated carbocycles. The van der Waals surface area contributed by atoms with Gasteiger partial charge in [-0.25, -0.2) is 0 Å². The van der Waals surface area contributed by atoms with Crippen molar-refractivity contribution in [1.82, 2.24) is 0 Å². The van der Waals surface area contributed by atoms with Crippen molar-refractivity contribution in [2.75, 3.05) is 4.90 Å². The Labute approximate surface area is 278 Å². The molecule has 222 valence electrons. The van der Waals surface area contributed by atoms with Crippen LogP contribution >= 0.6 is 23.1 Å². The molecule has 5 aromatic carbocycles. The zero-order valence-corrected chi connectivity index (χ0v) is 27.6. The molecule has 1 aromatic heterocycles. The summed E-state index contributed by atoms with van der Waals surface area (Å²) in [6, 6.07) is 38.7. The number of ether oxygens (including phenoxy) is 1. The van der Waals surface area contributed by atoms with E-state index >= 15 is 0 Å². The molecule has 0 radical (unpaired) electrons. The van der Waals surface area contributed by atoms with Gasteiger partial charge in [-0.05, 0) is 100.0 Å². The fourth-order valence-electron chi connectivity index (χ4n) is 8.47. The van der Waals surface area contributed by atoms with Crippen molar-refractivity contribution in [2.24, 2.45) is 0 Å². The van der Waals surface area contributed by atoms with Gasteiger partial charge in [-0.2, -0.15) is 0 Å². The summed E-state index contributed by atoms with van der Waals surface area (Å²) in [5.41, 5.74) is 13.1. The third kappa shape index (κ3) is 3.79. The fraction of sp³-hybridized carbons (Fsp3) is 0.171. The van der Waals surface area contributed by atoms with E-state index in [-0.39, 0.29) is 12.1 Å². The number of allylic oxidation sites excluding steroid dienone is 2. The van der Waals surface area contributed by atoms with Gasteiger partial charge in [0.25, 0.3) is 6.71 Å². The topological polar surface area (TPSA) is 12.5 Å². The van der Waals surface area contributed by atoms with Gasteiger partial charge in [0.1, 0.15) is 11.5 Å². The Morgan fingerprint density at radius 3 is 2.61 bits per heavy atom. The van der Waals surface area contributed by atoms with Crippen molar-refractivity contribution in [2.45, 2.75) is 49.8 Å². The predicted octanol–water partition coefficient (Wildman–Crippen LogP) is 9.86.